The van der Waals surface area contributed by atoms with Gasteiger partial charge in [0.2, 0.25) is 17.6 Å². The van der Waals surface area contributed by atoms with Crippen LogP contribution in [0.25, 0.3) is 21.5 Å². The van der Waals surface area contributed by atoms with Crippen LogP contribution in [0.1, 0.15) is 31.2 Å². The highest BCUT2D eigenvalue weighted by Gasteiger charge is 2.27. The lowest BCUT2D eigenvalue weighted by Crippen LogP contribution is -2.43. The number of carbonyl (C=O) groups is 1. The van der Waals surface area contributed by atoms with Gasteiger partial charge >= 0.3 is 0 Å². The van der Waals surface area contributed by atoms with Gasteiger partial charge < -0.3 is 9.84 Å². The van der Waals surface area contributed by atoms with Crippen molar-refractivity contribution in [2.45, 2.75) is 32.7 Å². The maximum absolute atomic E-state index is 12.9. The minimum Gasteiger partial charge on any atom is -0.356 e. The summed E-state index contributed by atoms with van der Waals surface area (Å²) in [5.74, 6) is 1.76. The van der Waals surface area contributed by atoms with E-state index < -0.39 is 0 Å². The largest absolute Gasteiger partial charge is 0.356 e. The third kappa shape index (κ3) is 5.37. The number of amides is 1. The molecule has 4 aromatic rings. The van der Waals surface area contributed by atoms with Gasteiger partial charge in [-0.3, -0.25) is 9.69 Å². The predicted molar refractivity (Wildman–Crippen MR) is 135 cm³/mol. The molecule has 1 amide bonds. The molecule has 1 aliphatic rings. The summed E-state index contributed by atoms with van der Waals surface area (Å²) in [5.41, 5.74) is 1.34. The maximum atomic E-state index is 12.9. The van der Waals surface area contributed by atoms with Crippen molar-refractivity contribution in [1.82, 2.24) is 20.4 Å². The van der Waals surface area contributed by atoms with Gasteiger partial charge in [-0.25, -0.2) is 0 Å². The van der Waals surface area contributed by atoms with Gasteiger partial charge in [0.1, 0.15) is 0 Å². The van der Waals surface area contributed by atoms with Crippen molar-refractivity contribution in [3.05, 3.63) is 71.4 Å². The monoisotopic (exact) mass is 474 g/mol. The summed E-state index contributed by atoms with van der Waals surface area (Å²) in [7, 11) is 0. The molecule has 3 heterocycles. The second-order valence-corrected chi connectivity index (χ2v) is 10.2. The minimum atomic E-state index is -0.00167. The summed E-state index contributed by atoms with van der Waals surface area (Å²) < 4.78 is 5.46. The van der Waals surface area contributed by atoms with Crippen molar-refractivity contribution in [1.29, 1.82) is 0 Å². The number of benzene rings is 2. The van der Waals surface area contributed by atoms with Crippen molar-refractivity contribution in [3.8, 4) is 10.7 Å². The molecule has 0 saturated carbocycles. The molecule has 2 atom stereocenters. The van der Waals surface area contributed by atoms with Crippen LogP contribution >= 0.6 is 11.3 Å². The molecule has 1 saturated heterocycles. The fraction of sp³-hybridized carbons (Fsp3) is 0.370. The van der Waals surface area contributed by atoms with E-state index in [1.54, 1.807) is 11.3 Å². The lowest BCUT2D eigenvalue weighted by molar-refractivity contribution is -0.127. The van der Waals surface area contributed by atoms with Crippen LogP contribution in [0.3, 0.4) is 0 Å². The quantitative estimate of drug-likeness (QED) is 0.382. The second kappa shape index (κ2) is 10.5. The van der Waals surface area contributed by atoms with Gasteiger partial charge in [-0.1, -0.05) is 60.6 Å². The summed E-state index contributed by atoms with van der Waals surface area (Å²) in [6.07, 6.45) is 2.86. The van der Waals surface area contributed by atoms with Crippen LogP contribution in [0, 0.1) is 11.8 Å². The van der Waals surface area contributed by atoms with E-state index in [2.05, 4.69) is 69.7 Å². The second-order valence-electron chi connectivity index (χ2n) is 9.26. The first kappa shape index (κ1) is 22.7. The summed E-state index contributed by atoms with van der Waals surface area (Å²) in [6.45, 7) is 5.14. The Bertz CT molecular complexity index is 1230. The first-order valence-electron chi connectivity index (χ1n) is 12.0. The van der Waals surface area contributed by atoms with Gasteiger partial charge in [0.25, 0.3) is 0 Å². The van der Waals surface area contributed by atoms with Gasteiger partial charge in [0, 0.05) is 13.1 Å². The Morgan fingerprint density at radius 2 is 2.09 bits per heavy atom. The van der Waals surface area contributed by atoms with Crippen molar-refractivity contribution in [2.75, 3.05) is 19.6 Å². The Balaban J connectivity index is 1.12. The SMILES string of the molecule is CC(CNC(=O)C1CCCN(Cc2nc(-c3cccs3)no2)C1)Cc1cccc2ccccc12. The van der Waals surface area contributed by atoms with Crippen LogP contribution in [0.5, 0.6) is 0 Å². The summed E-state index contributed by atoms with van der Waals surface area (Å²) >= 11 is 1.60. The number of thiophene rings is 1. The molecule has 6 nitrogen and oxygen atoms in total. The molecule has 7 heteroatoms. The highest BCUT2D eigenvalue weighted by molar-refractivity contribution is 7.13. The normalized spacial score (nSPS) is 17.6. The summed E-state index contributed by atoms with van der Waals surface area (Å²) in [4.78, 5) is 20.7. The predicted octanol–water partition coefficient (Wildman–Crippen LogP) is 5.16. The third-order valence-corrected chi connectivity index (χ3v) is 7.38. The molecule has 2 aromatic heterocycles. The summed E-state index contributed by atoms with van der Waals surface area (Å²) in [6, 6.07) is 18.9. The lowest BCUT2D eigenvalue weighted by Gasteiger charge is -2.31. The van der Waals surface area contributed by atoms with E-state index in [4.69, 9.17) is 4.52 Å². The molecule has 0 spiro atoms. The van der Waals surface area contributed by atoms with E-state index in [9.17, 15) is 4.79 Å². The smallest absolute Gasteiger partial charge is 0.241 e. The molecule has 2 aromatic carbocycles. The topological polar surface area (TPSA) is 71.3 Å². The van der Waals surface area contributed by atoms with E-state index in [1.165, 1.54) is 16.3 Å². The van der Waals surface area contributed by atoms with Gasteiger partial charge in [-0.05, 0) is 59.5 Å². The number of nitrogens with one attached hydrogen (secondary N) is 1. The Morgan fingerprint density at radius 3 is 2.97 bits per heavy atom. The van der Waals surface area contributed by atoms with E-state index in [-0.39, 0.29) is 11.8 Å². The standard InChI is InChI=1S/C27H30N4O2S/c1-19(15-21-9-4-8-20-7-2-3-11-23(20)21)16-28-27(32)22-10-5-13-31(17-22)18-25-29-26(30-33-25)24-12-6-14-34-24/h2-4,6-9,11-12,14,19,22H,5,10,13,15-18H2,1H3,(H,28,32). The number of carbonyl (C=O) groups excluding carboxylic acids is 1. The highest BCUT2D eigenvalue weighted by atomic mass is 32.1. The number of fused-ring (bicyclic) bond motifs is 1. The van der Waals surface area contributed by atoms with Crippen LogP contribution in [-0.2, 0) is 17.8 Å². The van der Waals surface area contributed by atoms with Crippen molar-refractivity contribution in [3.63, 3.8) is 0 Å². The average Bonchev–Trinajstić information content (AvgIpc) is 3.55. The molecule has 0 bridgehead atoms. The van der Waals surface area contributed by atoms with E-state index >= 15 is 0 Å². The average molecular weight is 475 g/mol. The number of piperidine rings is 1. The fourth-order valence-corrected chi connectivity index (χ4v) is 5.42. The Labute approximate surface area is 204 Å². The zero-order valence-corrected chi connectivity index (χ0v) is 20.3. The number of rotatable bonds is 8. The zero-order chi connectivity index (χ0) is 23.3. The van der Waals surface area contributed by atoms with Crippen molar-refractivity contribution in [2.24, 2.45) is 11.8 Å². The molecular formula is C27H30N4O2S. The van der Waals surface area contributed by atoms with Crippen LogP contribution in [0.4, 0.5) is 0 Å². The van der Waals surface area contributed by atoms with Gasteiger partial charge in [-0.15, -0.1) is 11.3 Å². The lowest BCUT2D eigenvalue weighted by atomic mass is 9.94. The van der Waals surface area contributed by atoms with Crippen LogP contribution in [0.15, 0.2) is 64.5 Å². The number of likely N-dealkylation sites (tertiary alicyclic amines) is 1. The first-order valence-corrected chi connectivity index (χ1v) is 12.9. The molecular weight excluding hydrogens is 444 g/mol. The molecule has 5 rings (SSSR count). The zero-order valence-electron chi connectivity index (χ0n) is 19.4. The molecule has 34 heavy (non-hydrogen) atoms. The summed E-state index contributed by atoms with van der Waals surface area (Å²) in [5, 5.41) is 11.9. The molecule has 0 radical (unpaired) electrons. The van der Waals surface area contributed by atoms with Gasteiger partial charge in [-0.2, -0.15) is 4.98 Å². The number of hydrogen-bond donors (Lipinski definition) is 1. The minimum absolute atomic E-state index is 0.00167. The third-order valence-electron chi connectivity index (χ3n) is 6.52. The number of hydrogen-bond acceptors (Lipinski definition) is 6. The van der Waals surface area contributed by atoms with Crippen molar-refractivity contribution >= 4 is 28.0 Å². The highest BCUT2D eigenvalue weighted by Crippen LogP contribution is 2.24. The van der Waals surface area contributed by atoms with E-state index in [1.807, 2.05) is 17.5 Å². The van der Waals surface area contributed by atoms with Gasteiger partial charge in [0.05, 0.1) is 17.3 Å². The molecule has 0 aliphatic carbocycles. The van der Waals surface area contributed by atoms with Crippen molar-refractivity contribution < 1.29 is 9.32 Å². The maximum Gasteiger partial charge on any atom is 0.241 e. The molecule has 1 N–H and O–H groups in total. The molecule has 1 aliphatic heterocycles. The number of aromatic nitrogens is 2. The van der Waals surface area contributed by atoms with Crippen LogP contribution < -0.4 is 5.32 Å². The Morgan fingerprint density at radius 1 is 1.21 bits per heavy atom. The Kier molecular flexibility index (Phi) is 7.02. The van der Waals surface area contributed by atoms with E-state index in [0.29, 0.717) is 30.7 Å². The fourth-order valence-electron chi connectivity index (χ4n) is 4.77. The Hall–Kier alpha value is -3.03. The molecule has 176 valence electrons. The van der Waals surface area contributed by atoms with Crippen LogP contribution in [-0.4, -0.2) is 40.6 Å². The molecule has 2 unspecified atom stereocenters. The van der Waals surface area contributed by atoms with Gasteiger partial charge in [0.15, 0.2) is 0 Å². The number of nitrogens with zero attached hydrogens (tertiary/aromatic N) is 3. The van der Waals surface area contributed by atoms with E-state index in [0.717, 1.165) is 37.2 Å². The molecule has 1 fully saturated rings. The first-order chi connectivity index (χ1) is 16.7. The van der Waals surface area contributed by atoms with Crippen LogP contribution in [0.2, 0.25) is 0 Å².